The Kier molecular flexibility index (Phi) is 8.30. The van der Waals surface area contributed by atoms with E-state index < -0.39 is 0 Å². The summed E-state index contributed by atoms with van der Waals surface area (Å²) in [5, 5.41) is 3.07. The van der Waals surface area contributed by atoms with Gasteiger partial charge in [0.15, 0.2) is 5.78 Å². The minimum Gasteiger partial charge on any atom is -0.349 e. The summed E-state index contributed by atoms with van der Waals surface area (Å²) in [5.74, 6) is -0.225. The van der Waals surface area contributed by atoms with Crippen LogP contribution in [-0.4, -0.2) is 17.5 Å². The zero-order valence-electron chi connectivity index (χ0n) is 17.7. The Balaban J connectivity index is 1.49. The van der Waals surface area contributed by atoms with Crippen molar-refractivity contribution in [3.8, 4) is 0 Å². The van der Waals surface area contributed by atoms with Crippen LogP contribution in [0.25, 0.3) is 0 Å². The van der Waals surface area contributed by atoms with Gasteiger partial charge in [-0.1, -0.05) is 60.7 Å². The number of nitrogens with one attached hydrogen (secondary N) is 1. The van der Waals surface area contributed by atoms with Crippen molar-refractivity contribution in [2.45, 2.75) is 45.1 Å². The Morgan fingerprint density at radius 1 is 0.806 bits per heavy atom. The van der Waals surface area contributed by atoms with Gasteiger partial charge in [-0.15, -0.1) is 11.3 Å². The van der Waals surface area contributed by atoms with E-state index in [0.29, 0.717) is 11.3 Å². The molecule has 3 aromatic rings. The number of ketones is 2. The van der Waals surface area contributed by atoms with Crippen molar-refractivity contribution in [1.82, 2.24) is 5.32 Å². The maximum absolute atomic E-state index is 12.6. The number of amides is 1. The third-order valence-corrected chi connectivity index (χ3v) is 6.14. The molecule has 4 nitrogen and oxygen atoms in total. The van der Waals surface area contributed by atoms with Gasteiger partial charge in [-0.2, -0.15) is 0 Å². The fraction of sp³-hybridized carbons (Fsp3) is 0.269. The Hall–Kier alpha value is -3.05. The Bertz CT molecular complexity index is 1010. The van der Waals surface area contributed by atoms with Crippen LogP contribution in [0.5, 0.6) is 0 Å². The van der Waals surface area contributed by atoms with Crippen molar-refractivity contribution in [2.24, 2.45) is 0 Å². The summed E-state index contributed by atoms with van der Waals surface area (Å²) in [4.78, 5) is 38.7. The summed E-state index contributed by atoms with van der Waals surface area (Å²) >= 11 is 1.45. The van der Waals surface area contributed by atoms with E-state index in [9.17, 15) is 14.4 Å². The second kappa shape index (κ2) is 11.4. The number of hydrogen-bond donors (Lipinski definition) is 1. The molecule has 1 heterocycles. The molecule has 0 aliphatic heterocycles. The summed E-state index contributed by atoms with van der Waals surface area (Å²) in [6, 6.07) is 23.4. The molecule has 0 saturated heterocycles. The highest BCUT2D eigenvalue weighted by Gasteiger charge is 2.17. The lowest BCUT2D eigenvalue weighted by atomic mass is 9.98. The van der Waals surface area contributed by atoms with Crippen LogP contribution in [0.3, 0.4) is 0 Å². The lowest BCUT2D eigenvalue weighted by Crippen LogP contribution is -2.30. The van der Waals surface area contributed by atoms with Crippen molar-refractivity contribution < 1.29 is 14.4 Å². The molecule has 0 radical (unpaired) electrons. The van der Waals surface area contributed by atoms with E-state index in [1.165, 1.54) is 11.3 Å². The molecule has 0 aliphatic carbocycles. The van der Waals surface area contributed by atoms with Crippen molar-refractivity contribution in [3.05, 3.63) is 93.7 Å². The van der Waals surface area contributed by atoms with Gasteiger partial charge in [-0.25, -0.2) is 0 Å². The third-order valence-electron chi connectivity index (χ3n) is 5.10. The van der Waals surface area contributed by atoms with Gasteiger partial charge in [-0.05, 0) is 36.6 Å². The van der Waals surface area contributed by atoms with Crippen LogP contribution < -0.4 is 5.32 Å². The monoisotopic (exact) mass is 433 g/mol. The van der Waals surface area contributed by atoms with Gasteiger partial charge in [0.25, 0.3) is 0 Å². The minimum absolute atomic E-state index is 0.0112. The van der Waals surface area contributed by atoms with E-state index in [4.69, 9.17) is 0 Å². The van der Waals surface area contributed by atoms with Crippen LogP contribution in [0.1, 0.15) is 57.4 Å². The first-order valence-corrected chi connectivity index (χ1v) is 11.3. The summed E-state index contributed by atoms with van der Waals surface area (Å²) < 4.78 is 0. The molecule has 0 saturated carbocycles. The molecule has 1 unspecified atom stereocenters. The first kappa shape index (κ1) is 22.6. The highest BCUT2D eigenvalue weighted by Crippen LogP contribution is 2.20. The SMILES string of the molecule is Cc1ccc(C(=O)CCC(=O)CCC(=O)NC(Cc2ccccc2)c2ccccc2)s1. The number of carbonyl (C=O) groups is 3. The lowest BCUT2D eigenvalue weighted by Gasteiger charge is -2.19. The summed E-state index contributed by atoms with van der Waals surface area (Å²) in [7, 11) is 0. The smallest absolute Gasteiger partial charge is 0.220 e. The van der Waals surface area contributed by atoms with Crippen LogP contribution >= 0.6 is 11.3 Å². The van der Waals surface area contributed by atoms with Crippen LogP contribution in [0.2, 0.25) is 0 Å². The highest BCUT2D eigenvalue weighted by atomic mass is 32.1. The standard InChI is InChI=1S/C26H27NO3S/c1-19-12-16-25(31-19)24(29)15-13-22(28)14-17-26(30)27-23(21-10-6-3-7-11-21)18-20-8-4-2-5-9-20/h2-12,16,23H,13-15,17-18H2,1H3,(H,27,30). The van der Waals surface area contributed by atoms with E-state index in [2.05, 4.69) is 5.32 Å². The van der Waals surface area contributed by atoms with Gasteiger partial charge in [0.05, 0.1) is 10.9 Å². The van der Waals surface area contributed by atoms with Crippen LogP contribution in [0, 0.1) is 6.92 Å². The fourth-order valence-electron chi connectivity index (χ4n) is 3.39. The number of aryl methyl sites for hydroxylation is 1. The van der Waals surface area contributed by atoms with Crippen molar-refractivity contribution in [1.29, 1.82) is 0 Å². The first-order valence-electron chi connectivity index (χ1n) is 10.5. The molecule has 3 rings (SSSR count). The summed E-state index contributed by atoms with van der Waals surface area (Å²) in [6.07, 6.45) is 1.33. The van der Waals surface area contributed by atoms with E-state index in [0.717, 1.165) is 16.0 Å². The zero-order valence-corrected chi connectivity index (χ0v) is 18.5. The molecule has 2 aromatic carbocycles. The van der Waals surface area contributed by atoms with E-state index in [1.54, 1.807) is 6.07 Å². The second-order valence-corrected chi connectivity index (χ2v) is 8.88. The molecule has 0 bridgehead atoms. The molecule has 1 atom stereocenters. The van der Waals surface area contributed by atoms with Crippen LogP contribution in [0.4, 0.5) is 0 Å². The van der Waals surface area contributed by atoms with E-state index in [1.807, 2.05) is 73.7 Å². The number of benzene rings is 2. The van der Waals surface area contributed by atoms with Gasteiger partial charge in [0.2, 0.25) is 5.91 Å². The molecule has 0 spiro atoms. The number of carbonyl (C=O) groups excluding carboxylic acids is 3. The molecule has 1 N–H and O–H groups in total. The Morgan fingerprint density at radius 3 is 2.10 bits per heavy atom. The number of Topliss-reactive ketones (excluding diaryl/α,β-unsaturated/α-hetero) is 2. The molecule has 1 amide bonds. The zero-order chi connectivity index (χ0) is 22.1. The largest absolute Gasteiger partial charge is 0.349 e. The van der Waals surface area contributed by atoms with Gasteiger partial charge in [0, 0.05) is 30.6 Å². The third kappa shape index (κ3) is 7.30. The Labute approximate surface area is 187 Å². The molecule has 160 valence electrons. The molecule has 1 aromatic heterocycles. The molecular formula is C26H27NO3S. The van der Waals surface area contributed by atoms with Crippen LogP contribution in [0.15, 0.2) is 72.8 Å². The molecule has 0 aliphatic rings. The maximum Gasteiger partial charge on any atom is 0.220 e. The number of rotatable bonds is 11. The quantitative estimate of drug-likeness (QED) is 0.408. The second-order valence-electron chi connectivity index (χ2n) is 7.59. The van der Waals surface area contributed by atoms with Gasteiger partial charge >= 0.3 is 0 Å². The van der Waals surface area contributed by atoms with E-state index >= 15 is 0 Å². The van der Waals surface area contributed by atoms with Gasteiger partial charge in [0.1, 0.15) is 5.78 Å². The molecule has 31 heavy (non-hydrogen) atoms. The van der Waals surface area contributed by atoms with Gasteiger partial charge in [-0.3, -0.25) is 14.4 Å². The predicted molar refractivity (Wildman–Crippen MR) is 124 cm³/mol. The fourth-order valence-corrected chi connectivity index (χ4v) is 4.23. The molecule has 5 heteroatoms. The van der Waals surface area contributed by atoms with Gasteiger partial charge < -0.3 is 5.32 Å². The molecular weight excluding hydrogens is 406 g/mol. The Morgan fingerprint density at radius 2 is 1.45 bits per heavy atom. The predicted octanol–water partition coefficient (Wildman–Crippen LogP) is 5.47. The molecule has 0 fully saturated rings. The summed E-state index contributed by atoms with van der Waals surface area (Å²) in [6.45, 7) is 1.95. The van der Waals surface area contributed by atoms with E-state index in [-0.39, 0.29) is 49.2 Å². The number of hydrogen-bond acceptors (Lipinski definition) is 4. The average molecular weight is 434 g/mol. The lowest BCUT2D eigenvalue weighted by molar-refractivity contribution is -0.125. The maximum atomic E-state index is 12.6. The summed E-state index contributed by atoms with van der Waals surface area (Å²) in [5.41, 5.74) is 2.16. The normalized spacial score (nSPS) is 11.6. The number of thiophene rings is 1. The average Bonchev–Trinajstić information content (AvgIpc) is 3.23. The van der Waals surface area contributed by atoms with Crippen molar-refractivity contribution in [3.63, 3.8) is 0 Å². The van der Waals surface area contributed by atoms with Crippen molar-refractivity contribution >= 4 is 28.8 Å². The van der Waals surface area contributed by atoms with Crippen molar-refractivity contribution in [2.75, 3.05) is 0 Å². The highest BCUT2D eigenvalue weighted by molar-refractivity contribution is 7.14. The van der Waals surface area contributed by atoms with Crippen LogP contribution in [-0.2, 0) is 16.0 Å². The minimum atomic E-state index is -0.158. The first-order chi connectivity index (χ1) is 15.0. The topological polar surface area (TPSA) is 63.2 Å².